The van der Waals surface area contributed by atoms with Crippen LogP contribution in [0.5, 0.6) is 5.75 Å². The fraction of sp³-hybridized carbons (Fsp3) is 0.385. The minimum absolute atomic E-state index is 0.624. The van der Waals surface area contributed by atoms with Crippen molar-refractivity contribution in [2.75, 3.05) is 13.7 Å². The maximum absolute atomic E-state index is 5.74. The number of fused-ring (bicyclic) bond motifs is 1. The predicted octanol–water partition coefficient (Wildman–Crippen LogP) is 2.29. The highest BCUT2D eigenvalue weighted by atomic mass is 16.5. The van der Waals surface area contributed by atoms with Crippen molar-refractivity contribution >= 4 is 5.57 Å². The van der Waals surface area contributed by atoms with Crippen LogP contribution in [0.2, 0.25) is 0 Å². The molecule has 0 bridgehead atoms. The number of allylic oxidation sites excluding steroid dienone is 1. The average molecular weight is 203 g/mol. The molecule has 0 spiro atoms. The zero-order valence-corrected chi connectivity index (χ0v) is 9.34. The van der Waals surface area contributed by atoms with E-state index in [2.05, 4.69) is 25.1 Å². The molecule has 1 aliphatic rings. The Labute approximate surface area is 90.7 Å². The van der Waals surface area contributed by atoms with Crippen LogP contribution >= 0.6 is 0 Å². The molecule has 0 fully saturated rings. The molecule has 2 N–H and O–H groups in total. The molecular weight excluding hydrogens is 186 g/mol. The van der Waals surface area contributed by atoms with Gasteiger partial charge in [0.05, 0.1) is 7.11 Å². The van der Waals surface area contributed by atoms with E-state index in [4.69, 9.17) is 10.5 Å². The molecular formula is C13H17NO. The molecule has 1 aromatic rings. The van der Waals surface area contributed by atoms with Crippen molar-refractivity contribution in [3.63, 3.8) is 0 Å². The summed E-state index contributed by atoms with van der Waals surface area (Å²) in [5.74, 6) is 0.979. The van der Waals surface area contributed by atoms with Crippen LogP contribution < -0.4 is 10.5 Å². The average Bonchev–Trinajstić information content (AvgIpc) is 2.27. The molecule has 0 amide bonds. The van der Waals surface area contributed by atoms with Gasteiger partial charge in [0.15, 0.2) is 0 Å². The van der Waals surface area contributed by atoms with Gasteiger partial charge >= 0.3 is 0 Å². The monoisotopic (exact) mass is 203 g/mol. The van der Waals surface area contributed by atoms with E-state index < -0.39 is 0 Å². The van der Waals surface area contributed by atoms with Crippen molar-refractivity contribution in [2.24, 2.45) is 5.73 Å². The summed E-state index contributed by atoms with van der Waals surface area (Å²) in [6.45, 7) is 2.70. The summed E-state index contributed by atoms with van der Waals surface area (Å²) >= 11 is 0. The molecule has 0 atom stereocenters. The summed E-state index contributed by atoms with van der Waals surface area (Å²) in [5, 5.41) is 0. The van der Waals surface area contributed by atoms with E-state index in [-0.39, 0.29) is 0 Å². The van der Waals surface area contributed by atoms with E-state index in [9.17, 15) is 0 Å². The van der Waals surface area contributed by atoms with Crippen LogP contribution in [0.1, 0.15) is 23.1 Å². The molecule has 0 radical (unpaired) electrons. The first-order valence-corrected chi connectivity index (χ1v) is 5.33. The summed E-state index contributed by atoms with van der Waals surface area (Å²) in [6.07, 6.45) is 4.43. The van der Waals surface area contributed by atoms with Gasteiger partial charge in [0.2, 0.25) is 0 Å². The van der Waals surface area contributed by atoms with Gasteiger partial charge in [-0.25, -0.2) is 0 Å². The molecule has 0 unspecified atom stereocenters. The third-order valence-corrected chi connectivity index (χ3v) is 2.99. The van der Waals surface area contributed by atoms with Gasteiger partial charge in [-0.2, -0.15) is 0 Å². The quantitative estimate of drug-likeness (QED) is 0.800. The number of hydrogen-bond donors (Lipinski definition) is 1. The molecule has 0 heterocycles. The maximum atomic E-state index is 5.74. The van der Waals surface area contributed by atoms with Crippen LogP contribution in [0, 0.1) is 6.92 Å². The number of rotatable bonds is 2. The normalized spacial score (nSPS) is 14.5. The third-order valence-electron chi connectivity index (χ3n) is 2.99. The molecule has 2 heteroatoms. The first kappa shape index (κ1) is 10.2. The molecule has 0 aliphatic heterocycles. The van der Waals surface area contributed by atoms with E-state index in [0.29, 0.717) is 6.54 Å². The zero-order chi connectivity index (χ0) is 10.8. The van der Waals surface area contributed by atoms with Crippen molar-refractivity contribution in [3.05, 3.63) is 34.9 Å². The second-order valence-electron chi connectivity index (χ2n) is 3.95. The van der Waals surface area contributed by atoms with Gasteiger partial charge in [0.25, 0.3) is 0 Å². The molecule has 0 saturated heterocycles. The minimum Gasteiger partial charge on any atom is -0.496 e. The topological polar surface area (TPSA) is 35.2 Å². The summed E-state index contributed by atoms with van der Waals surface area (Å²) in [7, 11) is 1.72. The maximum Gasteiger partial charge on any atom is 0.122 e. The second kappa shape index (κ2) is 4.07. The van der Waals surface area contributed by atoms with E-state index >= 15 is 0 Å². The minimum atomic E-state index is 0.624. The SMILES string of the molecule is COc1cc2c(cc1C)C(CN)=CCC2. The van der Waals surface area contributed by atoms with Gasteiger partial charge in [-0.3, -0.25) is 0 Å². The van der Waals surface area contributed by atoms with Crippen LogP contribution in [0.4, 0.5) is 0 Å². The van der Waals surface area contributed by atoms with E-state index in [1.54, 1.807) is 7.11 Å². The molecule has 1 aromatic carbocycles. The predicted molar refractivity (Wildman–Crippen MR) is 63.1 cm³/mol. The lowest BCUT2D eigenvalue weighted by Crippen LogP contribution is -2.09. The Hall–Kier alpha value is -1.28. The summed E-state index contributed by atoms with van der Waals surface area (Å²) in [4.78, 5) is 0. The van der Waals surface area contributed by atoms with E-state index in [1.165, 1.54) is 22.3 Å². The number of benzene rings is 1. The first-order valence-electron chi connectivity index (χ1n) is 5.33. The number of aryl methyl sites for hydroxylation is 2. The Morgan fingerprint density at radius 2 is 2.20 bits per heavy atom. The van der Waals surface area contributed by atoms with Crippen molar-refractivity contribution in [3.8, 4) is 5.75 Å². The molecule has 0 aromatic heterocycles. The lowest BCUT2D eigenvalue weighted by atomic mass is 9.89. The highest BCUT2D eigenvalue weighted by Crippen LogP contribution is 2.31. The Kier molecular flexibility index (Phi) is 2.78. The van der Waals surface area contributed by atoms with Crippen LogP contribution in [-0.2, 0) is 6.42 Å². The standard InChI is InChI=1S/C13H17NO/c1-9-6-12-10(7-13(9)15-2)4-3-5-11(12)8-14/h5-7H,3-4,8,14H2,1-2H3. The molecule has 80 valence electrons. The van der Waals surface area contributed by atoms with Crippen molar-refractivity contribution < 1.29 is 4.74 Å². The van der Waals surface area contributed by atoms with Crippen LogP contribution in [0.3, 0.4) is 0 Å². The number of nitrogens with two attached hydrogens (primary N) is 1. The van der Waals surface area contributed by atoms with Gasteiger partial charge in [-0.15, -0.1) is 0 Å². The summed E-state index contributed by atoms with van der Waals surface area (Å²) < 4.78 is 5.33. The smallest absolute Gasteiger partial charge is 0.122 e. The first-order chi connectivity index (χ1) is 7.26. The second-order valence-corrected chi connectivity index (χ2v) is 3.95. The fourth-order valence-electron chi connectivity index (χ4n) is 2.16. The molecule has 1 aliphatic carbocycles. The fourth-order valence-corrected chi connectivity index (χ4v) is 2.16. The molecule has 2 rings (SSSR count). The lowest BCUT2D eigenvalue weighted by Gasteiger charge is -2.19. The number of ether oxygens (including phenoxy) is 1. The Balaban J connectivity index is 2.52. The van der Waals surface area contributed by atoms with Crippen LogP contribution in [-0.4, -0.2) is 13.7 Å². The number of hydrogen-bond acceptors (Lipinski definition) is 2. The van der Waals surface area contributed by atoms with Gasteiger partial charge in [0.1, 0.15) is 5.75 Å². The molecule has 0 saturated carbocycles. The Morgan fingerprint density at radius 3 is 2.87 bits per heavy atom. The van der Waals surface area contributed by atoms with Crippen molar-refractivity contribution in [1.29, 1.82) is 0 Å². The van der Waals surface area contributed by atoms with Crippen LogP contribution in [0.25, 0.3) is 5.57 Å². The number of methoxy groups -OCH3 is 1. The highest BCUT2D eigenvalue weighted by molar-refractivity contribution is 5.72. The van der Waals surface area contributed by atoms with Crippen LogP contribution in [0.15, 0.2) is 18.2 Å². The van der Waals surface area contributed by atoms with Gasteiger partial charge in [-0.1, -0.05) is 6.08 Å². The summed E-state index contributed by atoms with van der Waals surface area (Å²) in [6, 6.07) is 4.33. The molecule has 15 heavy (non-hydrogen) atoms. The largest absolute Gasteiger partial charge is 0.496 e. The van der Waals surface area contributed by atoms with Gasteiger partial charge in [-0.05, 0) is 54.2 Å². The summed E-state index contributed by atoms with van der Waals surface area (Å²) in [5.41, 5.74) is 10.9. The van der Waals surface area contributed by atoms with Crippen molar-refractivity contribution in [2.45, 2.75) is 19.8 Å². The zero-order valence-electron chi connectivity index (χ0n) is 9.34. The lowest BCUT2D eigenvalue weighted by molar-refractivity contribution is 0.411. The third kappa shape index (κ3) is 1.77. The highest BCUT2D eigenvalue weighted by Gasteiger charge is 2.13. The Morgan fingerprint density at radius 1 is 1.40 bits per heavy atom. The van der Waals surface area contributed by atoms with Gasteiger partial charge < -0.3 is 10.5 Å². The molecule has 2 nitrogen and oxygen atoms in total. The van der Waals surface area contributed by atoms with Gasteiger partial charge in [0, 0.05) is 6.54 Å². The van der Waals surface area contributed by atoms with Crippen molar-refractivity contribution in [1.82, 2.24) is 0 Å². The van der Waals surface area contributed by atoms with E-state index in [1.807, 2.05) is 0 Å². The van der Waals surface area contributed by atoms with E-state index in [0.717, 1.165) is 18.6 Å². The Bertz CT molecular complexity index is 407.